The molecule has 4 aromatic rings. The van der Waals surface area contributed by atoms with Crippen molar-refractivity contribution in [2.75, 3.05) is 7.11 Å². The number of hydrogen-bond acceptors (Lipinski definition) is 5. The molecule has 8 heteroatoms. The molecule has 0 atom stereocenters. The number of hydrogen-bond donors (Lipinski definition) is 1. The fourth-order valence-electron chi connectivity index (χ4n) is 2.66. The van der Waals surface area contributed by atoms with E-state index in [1.807, 2.05) is 22.7 Å². The predicted octanol–water partition coefficient (Wildman–Crippen LogP) is 4.38. The van der Waals surface area contributed by atoms with Crippen molar-refractivity contribution in [2.45, 2.75) is 17.8 Å². The monoisotopic (exact) mass is 385 g/mol. The summed E-state index contributed by atoms with van der Waals surface area (Å²) in [4.78, 5) is 9.15. The number of aromatic nitrogens is 5. The largest absolute Gasteiger partial charge is 0.496 e. The molecular formula is C18H16ClN5OS. The molecule has 0 spiro atoms. The molecule has 0 bridgehead atoms. The molecule has 1 aromatic carbocycles. The number of H-pyrrole nitrogens is 1. The summed E-state index contributed by atoms with van der Waals surface area (Å²) in [6, 6.07) is 9.46. The van der Waals surface area contributed by atoms with Gasteiger partial charge in [0.2, 0.25) is 5.16 Å². The second kappa shape index (κ2) is 7.01. The number of nitrogens with zero attached hydrogens (tertiary/aromatic N) is 4. The Morgan fingerprint density at radius 1 is 1.19 bits per heavy atom. The second-order valence-corrected chi connectivity index (χ2v) is 7.18. The van der Waals surface area contributed by atoms with Gasteiger partial charge in [0.1, 0.15) is 11.4 Å². The van der Waals surface area contributed by atoms with Crippen LogP contribution in [0, 0.1) is 6.92 Å². The number of aryl methyl sites for hydroxylation is 1. The van der Waals surface area contributed by atoms with Gasteiger partial charge in [-0.2, -0.15) is 0 Å². The highest BCUT2D eigenvalue weighted by Crippen LogP contribution is 2.31. The van der Waals surface area contributed by atoms with Gasteiger partial charge in [-0.15, -0.1) is 5.10 Å². The number of aromatic amines is 1. The summed E-state index contributed by atoms with van der Waals surface area (Å²) in [5, 5.41) is 8.49. The summed E-state index contributed by atoms with van der Waals surface area (Å²) in [5.74, 6) is 2.00. The molecule has 0 saturated carbocycles. The van der Waals surface area contributed by atoms with Crippen molar-refractivity contribution in [1.82, 2.24) is 24.6 Å². The number of ether oxygens (including phenoxy) is 1. The molecule has 4 rings (SSSR count). The van der Waals surface area contributed by atoms with E-state index in [1.165, 1.54) is 17.3 Å². The van der Waals surface area contributed by atoms with E-state index < -0.39 is 0 Å². The average molecular weight is 386 g/mol. The lowest BCUT2D eigenvalue weighted by atomic mass is 10.2. The van der Waals surface area contributed by atoms with Crippen LogP contribution in [0.1, 0.15) is 11.3 Å². The van der Waals surface area contributed by atoms with Gasteiger partial charge in [-0.3, -0.25) is 5.10 Å². The third-order valence-corrected chi connectivity index (χ3v) is 5.00. The van der Waals surface area contributed by atoms with Gasteiger partial charge in [0.25, 0.3) is 0 Å². The van der Waals surface area contributed by atoms with Gasteiger partial charge in [-0.25, -0.2) is 9.97 Å². The molecule has 0 radical (unpaired) electrons. The number of benzene rings is 1. The van der Waals surface area contributed by atoms with Crippen LogP contribution in [0.2, 0.25) is 5.02 Å². The van der Waals surface area contributed by atoms with Crippen LogP contribution in [0.3, 0.4) is 0 Å². The highest BCUT2D eigenvalue weighted by molar-refractivity contribution is 7.98. The Morgan fingerprint density at radius 3 is 2.92 bits per heavy atom. The molecule has 26 heavy (non-hydrogen) atoms. The van der Waals surface area contributed by atoms with Crippen molar-refractivity contribution in [3.05, 3.63) is 59.0 Å². The minimum atomic E-state index is 0.617. The van der Waals surface area contributed by atoms with Crippen molar-refractivity contribution in [3.63, 3.8) is 0 Å². The zero-order valence-corrected chi connectivity index (χ0v) is 15.8. The number of fused-ring (bicyclic) bond motifs is 1. The van der Waals surface area contributed by atoms with Crippen molar-refractivity contribution in [2.24, 2.45) is 0 Å². The summed E-state index contributed by atoms with van der Waals surface area (Å²) in [6.45, 7) is 2.06. The number of thioether (sulfide) groups is 1. The predicted molar refractivity (Wildman–Crippen MR) is 103 cm³/mol. The van der Waals surface area contributed by atoms with E-state index in [4.69, 9.17) is 16.3 Å². The first-order chi connectivity index (χ1) is 12.6. The summed E-state index contributed by atoms with van der Waals surface area (Å²) in [5.41, 5.74) is 3.89. The summed E-state index contributed by atoms with van der Waals surface area (Å²) >= 11 is 7.61. The van der Waals surface area contributed by atoms with Crippen LogP contribution in [0.25, 0.3) is 17.0 Å². The lowest BCUT2D eigenvalue weighted by Crippen LogP contribution is -1.89. The molecule has 6 nitrogen and oxygen atoms in total. The molecule has 0 aliphatic carbocycles. The molecule has 0 aliphatic heterocycles. The molecule has 0 fully saturated rings. The topological polar surface area (TPSA) is 68.1 Å². The molecular weight excluding hydrogens is 370 g/mol. The van der Waals surface area contributed by atoms with Crippen molar-refractivity contribution in [3.8, 4) is 17.1 Å². The quantitative estimate of drug-likeness (QED) is 0.516. The number of halogens is 1. The van der Waals surface area contributed by atoms with Gasteiger partial charge in [0.15, 0.2) is 5.82 Å². The van der Waals surface area contributed by atoms with Gasteiger partial charge in [-0.05, 0) is 36.8 Å². The highest BCUT2D eigenvalue weighted by atomic mass is 35.5. The fraction of sp³-hybridized carbons (Fsp3) is 0.167. The average Bonchev–Trinajstić information content (AvgIpc) is 3.26. The third-order valence-electron chi connectivity index (χ3n) is 3.88. The second-order valence-electron chi connectivity index (χ2n) is 5.80. The van der Waals surface area contributed by atoms with Crippen LogP contribution in [-0.4, -0.2) is 31.7 Å². The summed E-state index contributed by atoms with van der Waals surface area (Å²) in [7, 11) is 1.61. The summed E-state index contributed by atoms with van der Waals surface area (Å²) in [6.07, 6.45) is 4.09. The first-order valence-corrected chi connectivity index (χ1v) is 9.32. The van der Waals surface area contributed by atoms with E-state index in [1.54, 1.807) is 19.2 Å². The lowest BCUT2D eigenvalue weighted by molar-refractivity contribution is 0.416. The standard InChI is InChI=1S/C18H16ClN5OS/c1-11-3-6-16-20-13(9-24(16)8-11)10-26-18-21-17(22-23-18)14-7-12(19)4-5-15(14)25-2/h3-9H,10H2,1-2H3,(H,21,22,23). The maximum atomic E-state index is 6.09. The zero-order valence-electron chi connectivity index (χ0n) is 14.2. The fourth-order valence-corrected chi connectivity index (χ4v) is 3.51. The van der Waals surface area contributed by atoms with Crippen LogP contribution < -0.4 is 4.74 Å². The lowest BCUT2D eigenvalue weighted by Gasteiger charge is -2.05. The molecule has 0 amide bonds. The number of rotatable bonds is 5. The van der Waals surface area contributed by atoms with E-state index in [0.717, 1.165) is 16.9 Å². The molecule has 0 saturated heterocycles. The van der Waals surface area contributed by atoms with Crippen molar-refractivity contribution in [1.29, 1.82) is 0 Å². The third kappa shape index (κ3) is 3.40. The number of methoxy groups -OCH3 is 1. The summed E-state index contributed by atoms with van der Waals surface area (Å²) < 4.78 is 7.40. The molecule has 132 valence electrons. The minimum absolute atomic E-state index is 0.617. The van der Waals surface area contributed by atoms with Crippen molar-refractivity contribution >= 4 is 29.0 Å². The van der Waals surface area contributed by atoms with Gasteiger partial charge >= 0.3 is 0 Å². The number of nitrogens with one attached hydrogen (secondary N) is 1. The van der Waals surface area contributed by atoms with Gasteiger partial charge in [-0.1, -0.05) is 29.4 Å². The minimum Gasteiger partial charge on any atom is -0.496 e. The van der Waals surface area contributed by atoms with Crippen LogP contribution in [0.4, 0.5) is 0 Å². The van der Waals surface area contributed by atoms with Crippen LogP contribution >= 0.6 is 23.4 Å². The number of imidazole rings is 1. The molecule has 3 aromatic heterocycles. The Kier molecular flexibility index (Phi) is 4.57. The van der Waals surface area contributed by atoms with Gasteiger partial charge in [0, 0.05) is 23.2 Å². The highest BCUT2D eigenvalue weighted by Gasteiger charge is 2.13. The van der Waals surface area contributed by atoms with Crippen molar-refractivity contribution < 1.29 is 4.74 Å². The maximum absolute atomic E-state index is 6.09. The molecule has 0 aliphatic rings. The van der Waals surface area contributed by atoms with Gasteiger partial charge in [0.05, 0.1) is 18.4 Å². The Balaban J connectivity index is 1.52. The Morgan fingerprint density at radius 2 is 2.08 bits per heavy atom. The molecule has 1 N–H and O–H groups in total. The van der Waals surface area contributed by atoms with E-state index >= 15 is 0 Å². The Hall–Kier alpha value is -2.51. The van der Waals surface area contributed by atoms with E-state index in [-0.39, 0.29) is 0 Å². The maximum Gasteiger partial charge on any atom is 0.209 e. The molecule has 3 heterocycles. The Labute approximate surface area is 159 Å². The van der Waals surface area contributed by atoms with E-state index in [0.29, 0.717) is 27.5 Å². The smallest absolute Gasteiger partial charge is 0.209 e. The van der Waals surface area contributed by atoms with Crippen LogP contribution in [-0.2, 0) is 5.75 Å². The van der Waals surface area contributed by atoms with Crippen LogP contribution in [0.15, 0.2) is 47.9 Å². The zero-order chi connectivity index (χ0) is 18.1. The van der Waals surface area contributed by atoms with Gasteiger partial charge < -0.3 is 9.14 Å². The first kappa shape index (κ1) is 16.9. The Bertz CT molecular complexity index is 1070. The first-order valence-electron chi connectivity index (χ1n) is 7.96. The van der Waals surface area contributed by atoms with E-state index in [2.05, 4.69) is 39.4 Å². The molecule has 0 unspecified atom stereocenters. The normalized spacial score (nSPS) is 11.2. The SMILES string of the molecule is COc1ccc(Cl)cc1-c1nc(SCc2cn3cc(C)ccc3n2)n[nH]1. The number of pyridine rings is 1. The van der Waals surface area contributed by atoms with E-state index in [9.17, 15) is 0 Å². The van der Waals surface area contributed by atoms with Crippen LogP contribution in [0.5, 0.6) is 5.75 Å².